The number of amides is 4. The average molecular weight is 337 g/mol. The second-order valence-corrected chi connectivity index (χ2v) is 7.18. The van der Waals surface area contributed by atoms with Crippen LogP contribution in [-0.4, -0.2) is 57.0 Å². The van der Waals surface area contributed by atoms with E-state index in [1.54, 1.807) is 14.0 Å². The summed E-state index contributed by atoms with van der Waals surface area (Å²) in [6.07, 6.45) is 4.26. The highest BCUT2D eigenvalue weighted by Crippen LogP contribution is 2.39. The molecule has 124 valence electrons. The molecule has 3 rings (SSSR count). The van der Waals surface area contributed by atoms with Gasteiger partial charge in [0.2, 0.25) is 11.0 Å². The predicted molar refractivity (Wildman–Crippen MR) is 84.0 cm³/mol. The van der Waals surface area contributed by atoms with Crippen molar-refractivity contribution in [2.24, 2.45) is 0 Å². The number of aromatic nitrogens is 2. The number of rotatable bonds is 3. The van der Waals surface area contributed by atoms with Gasteiger partial charge in [-0.25, -0.2) is 4.79 Å². The first-order valence-corrected chi connectivity index (χ1v) is 8.45. The minimum atomic E-state index is -0.755. The summed E-state index contributed by atoms with van der Waals surface area (Å²) < 4.78 is 0. The van der Waals surface area contributed by atoms with Crippen LogP contribution in [0.4, 0.5) is 9.93 Å². The highest BCUT2D eigenvalue weighted by molar-refractivity contribution is 7.15. The molecular weight excluding hydrogens is 318 g/mol. The summed E-state index contributed by atoms with van der Waals surface area (Å²) in [5, 5.41) is 11.3. The SMILES string of the molecule is Cc1nnc(NC(=O)CN2C(=O)N(C)C3(CCCCC3)C2=O)s1. The third kappa shape index (κ3) is 2.69. The standard InChI is InChI=1S/C14H19N5O3S/c1-9-16-17-12(23-9)15-10(20)8-19-11(21)14(18(2)13(19)22)6-4-3-5-7-14/h3-8H2,1-2H3,(H,15,17,20). The molecule has 2 aliphatic rings. The van der Waals surface area contributed by atoms with Gasteiger partial charge in [0.15, 0.2) is 0 Å². The van der Waals surface area contributed by atoms with E-state index in [1.165, 1.54) is 16.2 Å². The lowest BCUT2D eigenvalue weighted by Gasteiger charge is -2.35. The third-order valence-electron chi connectivity index (χ3n) is 4.56. The number of hydrogen-bond donors (Lipinski definition) is 1. The maximum atomic E-state index is 12.8. The molecule has 23 heavy (non-hydrogen) atoms. The zero-order valence-electron chi connectivity index (χ0n) is 13.2. The van der Waals surface area contributed by atoms with Gasteiger partial charge in [0.25, 0.3) is 5.91 Å². The van der Waals surface area contributed by atoms with Crippen LogP contribution in [0.1, 0.15) is 37.1 Å². The van der Waals surface area contributed by atoms with Crippen molar-refractivity contribution in [2.45, 2.75) is 44.6 Å². The minimum Gasteiger partial charge on any atom is -0.313 e. The topological polar surface area (TPSA) is 95.5 Å². The van der Waals surface area contributed by atoms with E-state index in [2.05, 4.69) is 15.5 Å². The number of nitrogens with zero attached hydrogens (tertiary/aromatic N) is 4. The van der Waals surface area contributed by atoms with Crippen molar-refractivity contribution in [1.29, 1.82) is 0 Å². The Morgan fingerprint density at radius 3 is 2.57 bits per heavy atom. The van der Waals surface area contributed by atoms with Gasteiger partial charge in [-0.05, 0) is 19.8 Å². The van der Waals surface area contributed by atoms with Gasteiger partial charge in [-0.15, -0.1) is 10.2 Å². The Hall–Kier alpha value is -2.03. The van der Waals surface area contributed by atoms with Crippen LogP contribution < -0.4 is 5.32 Å². The smallest absolute Gasteiger partial charge is 0.313 e. The van der Waals surface area contributed by atoms with Crippen molar-refractivity contribution in [3.63, 3.8) is 0 Å². The highest BCUT2D eigenvalue weighted by atomic mass is 32.1. The number of nitrogens with one attached hydrogen (secondary N) is 1. The fourth-order valence-corrected chi connectivity index (χ4v) is 3.93. The number of urea groups is 1. The van der Waals surface area contributed by atoms with Gasteiger partial charge in [-0.2, -0.15) is 0 Å². The molecule has 1 saturated heterocycles. The summed E-state index contributed by atoms with van der Waals surface area (Å²) in [5.74, 6) is -0.697. The number of likely N-dealkylation sites (N-methyl/N-ethyl adjacent to an activating group) is 1. The quantitative estimate of drug-likeness (QED) is 0.841. The van der Waals surface area contributed by atoms with E-state index in [0.717, 1.165) is 29.2 Å². The maximum absolute atomic E-state index is 12.8. The molecule has 0 bridgehead atoms. The predicted octanol–water partition coefficient (Wildman–Crippen LogP) is 1.38. The van der Waals surface area contributed by atoms with Crippen molar-refractivity contribution < 1.29 is 14.4 Å². The molecule has 0 radical (unpaired) electrons. The van der Waals surface area contributed by atoms with Crippen LogP contribution in [0.15, 0.2) is 0 Å². The molecule has 1 aliphatic heterocycles. The minimum absolute atomic E-state index is 0.256. The molecule has 2 fully saturated rings. The lowest BCUT2D eigenvalue weighted by Crippen LogP contribution is -2.49. The van der Waals surface area contributed by atoms with Crippen LogP contribution in [0.2, 0.25) is 0 Å². The van der Waals surface area contributed by atoms with Gasteiger partial charge >= 0.3 is 6.03 Å². The summed E-state index contributed by atoms with van der Waals surface area (Å²) >= 11 is 1.24. The molecule has 8 nitrogen and oxygen atoms in total. The Morgan fingerprint density at radius 2 is 1.96 bits per heavy atom. The Labute approximate surface area is 137 Å². The molecule has 1 saturated carbocycles. The lowest BCUT2D eigenvalue weighted by atomic mass is 9.81. The van der Waals surface area contributed by atoms with E-state index in [1.807, 2.05) is 0 Å². The zero-order valence-corrected chi connectivity index (χ0v) is 14.0. The van der Waals surface area contributed by atoms with Crippen LogP contribution in [0.5, 0.6) is 0 Å². The molecule has 1 spiro atoms. The van der Waals surface area contributed by atoms with Crippen molar-refractivity contribution >= 4 is 34.3 Å². The molecule has 0 unspecified atom stereocenters. The van der Waals surface area contributed by atoms with E-state index in [-0.39, 0.29) is 12.5 Å². The Balaban J connectivity index is 1.71. The first-order chi connectivity index (χ1) is 10.9. The van der Waals surface area contributed by atoms with Gasteiger partial charge < -0.3 is 4.90 Å². The molecule has 1 aliphatic carbocycles. The first kappa shape index (κ1) is 15.9. The largest absolute Gasteiger partial charge is 0.327 e. The van der Waals surface area contributed by atoms with Crippen molar-refractivity contribution in [1.82, 2.24) is 20.0 Å². The molecule has 0 aromatic carbocycles. The molecule has 1 N–H and O–H groups in total. The fraction of sp³-hybridized carbons (Fsp3) is 0.643. The number of anilines is 1. The Kier molecular flexibility index (Phi) is 4.05. The van der Waals surface area contributed by atoms with Crippen LogP contribution in [0, 0.1) is 6.92 Å². The number of carbonyl (C=O) groups excluding carboxylic acids is 3. The van der Waals surface area contributed by atoms with Gasteiger partial charge in [0.1, 0.15) is 17.1 Å². The van der Waals surface area contributed by atoms with Gasteiger partial charge in [-0.1, -0.05) is 30.6 Å². The molecule has 0 atom stereocenters. The van der Waals surface area contributed by atoms with Crippen LogP contribution in [-0.2, 0) is 9.59 Å². The highest BCUT2D eigenvalue weighted by Gasteiger charge is 2.55. The summed E-state index contributed by atoms with van der Waals surface area (Å²) in [4.78, 5) is 39.8. The maximum Gasteiger partial charge on any atom is 0.327 e. The summed E-state index contributed by atoms with van der Waals surface area (Å²) in [6, 6.07) is -0.402. The first-order valence-electron chi connectivity index (χ1n) is 7.64. The molecular formula is C14H19N5O3S. The summed E-state index contributed by atoms with van der Waals surface area (Å²) in [6.45, 7) is 1.49. The number of aryl methyl sites for hydroxylation is 1. The Bertz CT molecular complexity index is 653. The molecule has 4 amide bonds. The molecule has 1 aromatic rings. The van der Waals surface area contributed by atoms with Gasteiger partial charge in [-0.3, -0.25) is 19.8 Å². The van der Waals surface area contributed by atoms with Crippen LogP contribution in [0.25, 0.3) is 0 Å². The normalized spacial score (nSPS) is 20.4. The number of carbonyl (C=O) groups is 3. The number of hydrogen-bond acceptors (Lipinski definition) is 6. The monoisotopic (exact) mass is 337 g/mol. The van der Waals surface area contributed by atoms with E-state index in [0.29, 0.717) is 18.0 Å². The van der Waals surface area contributed by atoms with Crippen molar-refractivity contribution in [3.05, 3.63) is 5.01 Å². The van der Waals surface area contributed by atoms with E-state index < -0.39 is 17.5 Å². The molecule has 2 heterocycles. The van der Waals surface area contributed by atoms with E-state index in [4.69, 9.17) is 0 Å². The number of imide groups is 1. The summed E-state index contributed by atoms with van der Waals surface area (Å²) in [7, 11) is 1.65. The fourth-order valence-electron chi connectivity index (χ4n) is 3.32. The van der Waals surface area contributed by atoms with E-state index >= 15 is 0 Å². The van der Waals surface area contributed by atoms with Crippen molar-refractivity contribution in [3.8, 4) is 0 Å². The van der Waals surface area contributed by atoms with Crippen LogP contribution in [0.3, 0.4) is 0 Å². The molecule has 1 aromatic heterocycles. The van der Waals surface area contributed by atoms with Gasteiger partial charge in [0.05, 0.1) is 0 Å². The second-order valence-electron chi connectivity index (χ2n) is 6.00. The Morgan fingerprint density at radius 1 is 1.26 bits per heavy atom. The molecule has 9 heteroatoms. The zero-order chi connectivity index (χ0) is 16.6. The second kappa shape index (κ2) is 5.88. The third-order valence-corrected chi connectivity index (χ3v) is 5.31. The average Bonchev–Trinajstić information content (AvgIpc) is 3.01. The van der Waals surface area contributed by atoms with E-state index in [9.17, 15) is 14.4 Å². The summed E-state index contributed by atoms with van der Waals surface area (Å²) in [5.41, 5.74) is -0.755. The van der Waals surface area contributed by atoms with Gasteiger partial charge in [0, 0.05) is 7.05 Å². The van der Waals surface area contributed by atoms with Crippen molar-refractivity contribution in [2.75, 3.05) is 18.9 Å². The lowest BCUT2D eigenvalue weighted by molar-refractivity contribution is -0.136. The van der Waals surface area contributed by atoms with Crippen LogP contribution >= 0.6 is 11.3 Å².